The SMILES string of the molecule is Cc1ccc(C/C=C\C=C/N)c2ccccc12. The zero-order valence-corrected chi connectivity index (χ0v) is 10.1. The zero-order valence-electron chi connectivity index (χ0n) is 10.1. The highest BCUT2D eigenvalue weighted by Crippen LogP contribution is 2.22. The normalized spacial score (nSPS) is 11.8. The van der Waals surface area contributed by atoms with Gasteiger partial charge < -0.3 is 5.73 Å². The molecule has 17 heavy (non-hydrogen) atoms. The van der Waals surface area contributed by atoms with Crippen LogP contribution in [0.5, 0.6) is 0 Å². The average Bonchev–Trinajstić information content (AvgIpc) is 2.37. The zero-order chi connectivity index (χ0) is 12.1. The molecule has 2 rings (SSSR count). The molecular formula is C16H17N. The molecule has 0 unspecified atom stereocenters. The Morgan fingerprint density at radius 2 is 1.76 bits per heavy atom. The van der Waals surface area contributed by atoms with Gasteiger partial charge in [-0.3, -0.25) is 0 Å². The highest BCUT2D eigenvalue weighted by molar-refractivity contribution is 5.88. The molecule has 0 aliphatic carbocycles. The van der Waals surface area contributed by atoms with Crippen LogP contribution in [0.4, 0.5) is 0 Å². The molecule has 0 amide bonds. The first-order chi connectivity index (χ1) is 8.33. The van der Waals surface area contributed by atoms with Crippen molar-refractivity contribution in [3.05, 3.63) is 72.0 Å². The Bertz CT molecular complexity index is 565. The lowest BCUT2D eigenvalue weighted by molar-refractivity contribution is 1.29. The van der Waals surface area contributed by atoms with Crippen LogP contribution in [0.25, 0.3) is 10.8 Å². The predicted octanol–water partition coefficient (Wildman–Crippen LogP) is 3.72. The Balaban J connectivity index is 2.38. The molecule has 0 fully saturated rings. The van der Waals surface area contributed by atoms with Crippen LogP contribution in [-0.2, 0) is 6.42 Å². The summed E-state index contributed by atoms with van der Waals surface area (Å²) in [6.45, 7) is 2.15. The van der Waals surface area contributed by atoms with Gasteiger partial charge >= 0.3 is 0 Å². The third-order valence-electron chi connectivity index (χ3n) is 2.93. The molecule has 1 heteroatoms. The number of nitrogens with two attached hydrogens (primary N) is 1. The molecular weight excluding hydrogens is 206 g/mol. The molecule has 2 N–H and O–H groups in total. The second-order valence-electron chi connectivity index (χ2n) is 4.10. The van der Waals surface area contributed by atoms with Gasteiger partial charge in [0.25, 0.3) is 0 Å². The summed E-state index contributed by atoms with van der Waals surface area (Å²) < 4.78 is 0. The number of hydrogen-bond donors (Lipinski definition) is 1. The Morgan fingerprint density at radius 1 is 1.00 bits per heavy atom. The second-order valence-corrected chi connectivity index (χ2v) is 4.10. The lowest BCUT2D eigenvalue weighted by Crippen LogP contribution is -1.86. The van der Waals surface area contributed by atoms with Gasteiger partial charge in [-0.05, 0) is 47.5 Å². The highest BCUT2D eigenvalue weighted by atomic mass is 14.5. The Kier molecular flexibility index (Phi) is 3.61. The van der Waals surface area contributed by atoms with Crippen LogP contribution in [0, 0.1) is 6.92 Å². The van der Waals surface area contributed by atoms with Gasteiger partial charge in [-0.2, -0.15) is 0 Å². The number of hydrogen-bond acceptors (Lipinski definition) is 1. The van der Waals surface area contributed by atoms with Crippen molar-refractivity contribution in [1.29, 1.82) is 0 Å². The van der Waals surface area contributed by atoms with Crippen LogP contribution >= 0.6 is 0 Å². The summed E-state index contributed by atoms with van der Waals surface area (Å²) in [6, 6.07) is 12.9. The molecule has 0 saturated carbocycles. The molecule has 0 radical (unpaired) electrons. The van der Waals surface area contributed by atoms with Gasteiger partial charge in [0.2, 0.25) is 0 Å². The fourth-order valence-electron chi connectivity index (χ4n) is 2.03. The second kappa shape index (κ2) is 5.35. The largest absolute Gasteiger partial charge is 0.405 e. The summed E-state index contributed by atoms with van der Waals surface area (Å²) in [5.41, 5.74) is 7.97. The molecule has 2 aromatic carbocycles. The fourth-order valence-corrected chi connectivity index (χ4v) is 2.03. The van der Waals surface area contributed by atoms with Crippen molar-refractivity contribution >= 4 is 10.8 Å². The maximum atomic E-state index is 5.29. The van der Waals surface area contributed by atoms with E-state index in [1.54, 1.807) is 6.20 Å². The fraction of sp³-hybridized carbons (Fsp3) is 0.125. The van der Waals surface area contributed by atoms with Crippen molar-refractivity contribution in [2.24, 2.45) is 5.73 Å². The highest BCUT2D eigenvalue weighted by Gasteiger charge is 2.00. The summed E-state index contributed by atoms with van der Waals surface area (Å²) in [7, 11) is 0. The van der Waals surface area contributed by atoms with Crippen molar-refractivity contribution in [2.45, 2.75) is 13.3 Å². The Morgan fingerprint density at radius 3 is 2.53 bits per heavy atom. The minimum atomic E-state index is 0.936. The Hall–Kier alpha value is -2.02. The van der Waals surface area contributed by atoms with Gasteiger partial charge in [-0.15, -0.1) is 0 Å². The number of benzene rings is 2. The summed E-state index contributed by atoms with van der Waals surface area (Å²) in [5, 5.41) is 2.68. The van der Waals surface area contributed by atoms with Crippen LogP contribution in [0.15, 0.2) is 60.8 Å². The van der Waals surface area contributed by atoms with Crippen LogP contribution < -0.4 is 5.73 Å². The maximum Gasteiger partial charge on any atom is -0.00625 e. The van der Waals surface area contributed by atoms with Crippen LogP contribution in [0.1, 0.15) is 11.1 Å². The van der Waals surface area contributed by atoms with Crippen molar-refractivity contribution in [2.75, 3.05) is 0 Å². The van der Waals surface area contributed by atoms with Gasteiger partial charge in [-0.25, -0.2) is 0 Å². The molecule has 0 aromatic heterocycles. The molecule has 1 nitrogen and oxygen atoms in total. The van der Waals surface area contributed by atoms with E-state index < -0.39 is 0 Å². The number of rotatable bonds is 3. The monoisotopic (exact) mass is 223 g/mol. The van der Waals surface area contributed by atoms with E-state index in [-0.39, 0.29) is 0 Å². The summed E-state index contributed by atoms with van der Waals surface area (Å²) in [5.74, 6) is 0. The van der Waals surface area contributed by atoms with E-state index in [2.05, 4.69) is 49.4 Å². The van der Waals surface area contributed by atoms with E-state index in [4.69, 9.17) is 5.73 Å². The quantitative estimate of drug-likeness (QED) is 0.788. The maximum absolute atomic E-state index is 5.29. The van der Waals surface area contributed by atoms with E-state index >= 15 is 0 Å². The van der Waals surface area contributed by atoms with Gasteiger partial charge in [-0.1, -0.05) is 48.6 Å². The molecule has 86 valence electrons. The first-order valence-electron chi connectivity index (χ1n) is 5.83. The van der Waals surface area contributed by atoms with E-state index in [1.165, 1.54) is 21.9 Å². The van der Waals surface area contributed by atoms with Gasteiger partial charge in [0.1, 0.15) is 0 Å². The minimum Gasteiger partial charge on any atom is -0.405 e. The van der Waals surface area contributed by atoms with Crippen molar-refractivity contribution in [3.63, 3.8) is 0 Å². The molecule has 0 atom stereocenters. The predicted molar refractivity (Wildman–Crippen MR) is 74.9 cm³/mol. The van der Waals surface area contributed by atoms with E-state index in [9.17, 15) is 0 Å². The lowest BCUT2D eigenvalue weighted by atomic mass is 9.98. The van der Waals surface area contributed by atoms with Gasteiger partial charge in [0.15, 0.2) is 0 Å². The molecule has 0 heterocycles. The molecule has 0 aliphatic heterocycles. The van der Waals surface area contributed by atoms with E-state index in [0.717, 1.165) is 6.42 Å². The number of allylic oxidation sites excluding steroid dienone is 3. The van der Waals surface area contributed by atoms with E-state index in [0.29, 0.717) is 0 Å². The first kappa shape index (κ1) is 11.5. The molecule has 0 aliphatic rings. The van der Waals surface area contributed by atoms with Gasteiger partial charge in [0.05, 0.1) is 0 Å². The first-order valence-corrected chi connectivity index (χ1v) is 5.83. The molecule has 2 aromatic rings. The summed E-state index contributed by atoms with van der Waals surface area (Å²) in [6.07, 6.45) is 8.43. The number of fused-ring (bicyclic) bond motifs is 1. The molecule has 0 saturated heterocycles. The lowest BCUT2D eigenvalue weighted by Gasteiger charge is -2.06. The Labute approximate surface area is 102 Å². The van der Waals surface area contributed by atoms with Crippen LogP contribution in [0.3, 0.4) is 0 Å². The topological polar surface area (TPSA) is 26.0 Å². The van der Waals surface area contributed by atoms with E-state index in [1.807, 2.05) is 12.2 Å². The minimum absolute atomic E-state index is 0.936. The smallest absolute Gasteiger partial charge is 0.00625 e. The number of aryl methyl sites for hydroxylation is 1. The summed E-state index contributed by atoms with van der Waals surface area (Å²) >= 11 is 0. The van der Waals surface area contributed by atoms with Crippen LogP contribution in [0.2, 0.25) is 0 Å². The summed E-state index contributed by atoms with van der Waals surface area (Å²) in [4.78, 5) is 0. The average molecular weight is 223 g/mol. The molecule has 0 spiro atoms. The molecule has 0 bridgehead atoms. The van der Waals surface area contributed by atoms with Crippen molar-refractivity contribution < 1.29 is 0 Å². The van der Waals surface area contributed by atoms with Crippen molar-refractivity contribution in [1.82, 2.24) is 0 Å². The standard InChI is InChI=1S/C16H17N/c1-13-10-11-14(7-3-2-6-12-17)16-9-5-4-8-15(13)16/h2-6,8-12H,7,17H2,1H3/b3-2-,12-6-. The third kappa shape index (κ3) is 2.56. The van der Waals surface area contributed by atoms with Gasteiger partial charge in [0, 0.05) is 0 Å². The third-order valence-corrected chi connectivity index (χ3v) is 2.93. The van der Waals surface area contributed by atoms with Crippen molar-refractivity contribution in [3.8, 4) is 0 Å². The van der Waals surface area contributed by atoms with Crippen LogP contribution in [-0.4, -0.2) is 0 Å².